The molecule has 0 bridgehead atoms. The first kappa shape index (κ1) is 34.4. The maximum Gasteiger partial charge on any atom is 0.121 e. The Morgan fingerprint density at radius 2 is 0.818 bits per heavy atom. The predicted octanol–water partition coefficient (Wildman–Crippen LogP) is 8.97. The van der Waals surface area contributed by atoms with Crippen LogP contribution in [0.1, 0.15) is 94.9 Å². The lowest BCUT2D eigenvalue weighted by Gasteiger charge is -2.39. The molecule has 4 rings (SSSR count). The summed E-state index contributed by atoms with van der Waals surface area (Å²) in [5.41, 5.74) is 3.36. The van der Waals surface area contributed by atoms with Gasteiger partial charge in [-0.15, -0.1) is 0 Å². The molecule has 0 radical (unpaired) electrons. The second-order valence-electron chi connectivity index (χ2n) is 15.4. The van der Waals surface area contributed by atoms with Crippen LogP contribution in [0.3, 0.4) is 0 Å². The summed E-state index contributed by atoms with van der Waals surface area (Å²) in [5.74, 6) is 0. The molecule has 2 saturated carbocycles. The van der Waals surface area contributed by atoms with Gasteiger partial charge >= 0.3 is 0 Å². The molecule has 4 fully saturated rings. The van der Waals surface area contributed by atoms with Crippen molar-refractivity contribution in [3.8, 4) is 0 Å². The number of fused-ring (bicyclic) bond motifs is 2. The Morgan fingerprint density at radius 3 is 1.16 bits per heavy atom. The Kier molecular flexibility index (Phi) is 9.66. The summed E-state index contributed by atoms with van der Waals surface area (Å²) >= 11 is 0. The molecule has 44 heavy (non-hydrogen) atoms. The fourth-order valence-corrected chi connectivity index (χ4v) is 7.99. The highest BCUT2D eigenvalue weighted by Crippen LogP contribution is 2.67. The van der Waals surface area contributed by atoms with Gasteiger partial charge in [-0.05, 0) is 66.5 Å². The summed E-state index contributed by atoms with van der Waals surface area (Å²) in [4.78, 5) is 0. The number of aliphatic hydroxyl groups excluding tert-OH is 2. The van der Waals surface area contributed by atoms with Gasteiger partial charge in [-0.1, -0.05) is 123 Å². The van der Waals surface area contributed by atoms with Crippen LogP contribution >= 0.6 is 0 Å². The quantitative estimate of drug-likeness (QED) is 0.194. The van der Waals surface area contributed by atoms with Crippen LogP contribution < -0.4 is 0 Å². The van der Waals surface area contributed by atoms with E-state index in [1.165, 1.54) is 22.3 Å². The lowest BCUT2D eigenvalue weighted by molar-refractivity contribution is 0.0510. The van der Waals surface area contributed by atoms with Gasteiger partial charge in [-0.25, -0.2) is 0 Å². The van der Waals surface area contributed by atoms with Crippen molar-refractivity contribution in [3.05, 3.63) is 107 Å². The van der Waals surface area contributed by atoms with Crippen LogP contribution in [-0.2, 0) is 9.47 Å². The van der Waals surface area contributed by atoms with E-state index in [-0.39, 0.29) is 45.4 Å². The monoisotopic (exact) mass is 600 g/mol. The molecular formula is C40H56O4. The van der Waals surface area contributed by atoms with Crippen LogP contribution in [0.5, 0.6) is 0 Å². The third-order valence-corrected chi connectivity index (χ3v) is 10.4. The molecule has 2 heterocycles. The summed E-state index contributed by atoms with van der Waals surface area (Å²) < 4.78 is 12.5. The first-order valence-corrected chi connectivity index (χ1v) is 16.3. The Morgan fingerprint density at radius 1 is 0.500 bits per heavy atom. The number of hydrogen-bond donors (Lipinski definition) is 2. The second kappa shape index (κ2) is 12.4. The van der Waals surface area contributed by atoms with Crippen LogP contribution in [0.25, 0.3) is 0 Å². The molecule has 240 valence electrons. The number of hydrogen-bond acceptors (Lipinski definition) is 4. The van der Waals surface area contributed by atoms with E-state index in [1.54, 1.807) is 0 Å². The van der Waals surface area contributed by atoms with Gasteiger partial charge in [-0.3, -0.25) is 0 Å². The Hall–Kier alpha value is -2.50. The van der Waals surface area contributed by atoms with E-state index in [4.69, 9.17) is 9.47 Å². The molecule has 6 atom stereocenters. The van der Waals surface area contributed by atoms with E-state index in [0.717, 1.165) is 12.8 Å². The zero-order chi connectivity index (χ0) is 32.6. The van der Waals surface area contributed by atoms with E-state index in [2.05, 4.69) is 154 Å². The molecule has 4 nitrogen and oxygen atoms in total. The minimum Gasteiger partial charge on any atom is -0.393 e. The first-order chi connectivity index (χ1) is 20.4. The van der Waals surface area contributed by atoms with Gasteiger partial charge in [0.05, 0.1) is 12.2 Å². The molecule has 0 aromatic carbocycles. The van der Waals surface area contributed by atoms with Crippen molar-refractivity contribution in [1.29, 1.82) is 0 Å². The first-order valence-electron chi connectivity index (χ1n) is 16.3. The third-order valence-electron chi connectivity index (χ3n) is 10.4. The highest BCUT2D eigenvalue weighted by molar-refractivity contribution is 5.38. The number of ether oxygens (including phenoxy) is 2. The molecule has 0 aromatic heterocycles. The maximum atomic E-state index is 10.3. The van der Waals surface area contributed by atoms with E-state index >= 15 is 0 Å². The Balaban J connectivity index is 1.25. The zero-order valence-electron chi connectivity index (χ0n) is 28.8. The van der Waals surface area contributed by atoms with Crippen molar-refractivity contribution >= 4 is 0 Å². The van der Waals surface area contributed by atoms with Gasteiger partial charge in [0.2, 0.25) is 0 Å². The highest BCUT2D eigenvalue weighted by Gasteiger charge is 2.75. The molecule has 0 aromatic rings. The topological polar surface area (TPSA) is 65.5 Å². The fourth-order valence-electron chi connectivity index (χ4n) is 7.99. The minimum atomic E-state index is -0.294. The van der Waals surface area contributed by atoms with E-state index in [1.807, 2.05) is 0 Å². The second-order valence-corrected chi connectivity index (χ2v) is 15.4. The van der Waals surface area contributed by atoms with Crippen molar-refractivity contribution < 1.29 is 19.7 Å². The van der Waals surface area contributed by atoms with Crippen molar-refractivity contribution in [1.82, 2.24) is 0 Å². The summed E-state index contributed by atoms with van der Waals surface area (Å²) in [6.45, 7) is 21.4. The zero-order valence-corrected chi connectivity index (χ0v) is 28.8. The SMILES string of the molecule is CC(=C/C=C\C(C)=C\C=C\C=C(C)\C=C/C=C(C)\C=C\[C@]12O[C@@]1(C)C[C@@H](O)CC2(C)C)/C=C/[C@@]12O[C@]1(C)C[C@@H](O)CC2(C)C. The van der Waals surface area contributed by atoms with Gasteiger partial charge < -0.3 is 19.7 Å². The number of allylic oxidation sites excluding steroid dienone is 16. The lowest BCUT2D eigenvalue weighted by Crippen LogP contribution is -2.46. The van der Waals surface area contributed by atoms with E-state index < -0.39 is 0 Å². The molecular weight excluding hydrogens is 544 g/mol. The van der Waals surface area contributed by atoms with Crippen LogP contribution in [0.4, 0.5) is 0 Å². The van der Waals surface area contributed by atoms with E-state index in [0.29, 0.717) is 12.8 Å². The van der Waals surface area contributed by atoms with Gasteiger partial charge in [0.15, 0.2) is 0 Å². The van der Waals surface area contributed by atoms with Crippen molar-refractivity contribution in [2.75, 3.05) is 0 Å². The minimum absolute atomic E-state index is 0.0969. The van der Waals surface area contributed by atoms with Crippen molar-refractivity contribution in [2.24, 2.45) is 10.8 Å². The third kappa shape index (κ3) is 6.84. The molecule has 0 amide bonds. The number of epoxide rings is 2. The van der Waals surface area contributed by atoms with Crippen LogP contribution in [0.15, 0.2) is 107 Å². The summed E-state index contributed by atoms with van der Waals surface area (Å²) in [6, 6.07) is 0. The number of rotatable bonds is 10. The van der Waals surface area contributed by atoms with Gasteiger partial charge in [0.1, 0.15) is 22.4 Å². The van der Waals surface area contributed by atoms with Crippen LogP contribution in [0.2, 0.25) is 0 Å². The highest BCUT2D eigenvalue weighted by atomic mass is 16.6. The summed E-state index contributed by atoms with van der Waals surface area (Å²) in [5, 5.41) is 20.5. The average Bonchev–Trinajstić information content (AvgIpc) is 3.73. The normalized spacial score (nSPS) is 39.2. The smallest absolute Gasteiger partial charge is 0.121 e. The molecule has 2 N–H and O–H groups in total. The Bertz CT molecular complexity index is 1270. The molecule has 4 aliphatic rings. The average molecular weight is 601 g/mol. The van der Waals surface area contributed by atoms with Gasteiger partial charge in [0, 0.05) is 23.7 Å². The number of aliphatic hydroxyl groups is 2. The predicted molar refractivity (Wildman–Crippen MR) is 183 cm³/mol. The lowest BCUT2D eigenvalue weighted by atomic mass is 9.63. The van der Waals surface area contributed by atoms with Crippen molar-refractivity contribution in [3.63, 3.8) is 0 Å². The molecule has 2 saturated heterocycles. The molecule has 0 unspecified atom stereocenters. The van der Waals surface area contributed by atoms with E-state index in [9.17, 15) is 10.2 Å². The molecule has 0 spiro atoms. The van der Waals surface area contributed by atoms with Crippen LogP contribution in [-0.4, -0.2) is 44.8 Å². The maximum absolute atomic E-state index is 10.3. The fraction of sp³-hybridized carbons (Fsp3) is 0.550. The molecule has 2 aliphatic heterocycles. The summed E-state index contributed by atoms with van der Waals surface area (Å²) in [7, 11) is 0. The standard InChI is InChI=1S/C40H56O4/c1-29(17-13-19-31(3)21-23-39-35(5,6)25-33(41)27-37(39,9)43-39)15-11-12-16-30(2)18-14-20-32(4)22-24-40-36(7,8)26-34(42)28-38(40,10)44-40/h11-24,33-34,41-42H,25-28H2,1-10H3/b12-11+,17-13-,18-14-,23-21+,24-22+,29-15+,30-16+,31-19-,32-20-/t33-,34-,37-,38+,39+,40-/m0/s1. The largest absolute Gasteiger partial charge is 0.393 e. The summed E-state index contributed by atoms with van der Waals surface area (Å²) in [6.07, 6.45) is 32.0. The van der Waals surface area contributed by atoms with Crippen molar-refractivity contribution in [2.45, 2.75) is 130 Å². The molecule has 2 aliphatic carbocycles. The molecule has 4 heteroatoms. The Labute approximate surface area is 267 Å². The van der Waals surface area contributed by atoms with Crippen LogP contribution in [0, 0.1) is 10.8 Å². The van der Waals surface area contributed by atoms with Gasteiger partial charge in [-0.2, -0.15) is 0 Å². The van der Waals surface area contributed by atoms with Gasteiger partial charge in [0.25, 0.3) is 0 Å².